The third kappa shape index (κ3) is 5.23. The second kappa shape index (κ2) is 9.51. The molecule has 0 aliphatic carbocycles. The largest absolute Gasteiger partial charge is 0.459 e. The molecular formula is C20H26N4O4S. The summed E-state index contributed by atoms with van der Waals surface area (Å²) in [4.78, 5) is 33.9. The molecule has 2 aromatic heterocycles. The lowest BCUT2D eigenvalue weighted by atomic mass is 10.0. The van der Waals surface area contributed by atoms with Crippen molar-refractivity contribution in [3.63, 3.8) is 0 Å². The first-order valence-electron chi connectivity index (χ1n) is 10.1. The molecule has 0 spiro atoms. The summed E-state index contributed by atoms with van der Waals surface area (Å²) in [5, 5.41) is 5.01. The van der Waals surface area contributed by atoms with Gasteiger partial charge >= 0.3 is 0 Å². The van der Waals surface area contributed by atoms with Gasteiger partial charge in [-0.25, -0.2) is 4.98 Å². The lowest BCUT2D eigenvalue weighted by molar-refractivity contribution is -0.134. The van der Waals surface area contributed by atoms with Crippen LogP contribution < -0.4 is 5.32 Å². The molecule has 8 nitrogen and oxygen atoms in total. The van der Waals surface area contributed by atoms with Crippen LogP contribution in [0, 0.1) is 0 Å². The Kier molecular flexibility index (Phi) is 6.58. The molecular weight excluding hydrogens is 392 g/mol. The minimum absolute atomic E-state index is 0.108. The van der Waals surface area contributed by atoms with E-state index in [4.69, 9.17) is 9.15 Å². The second-order valence-corrected chi connectivity index (χ2v) is 8.26. The van der Waals surface area contributed by atoms with Crippen molar-refractivity contribution in [2.24, 2.45) is 0 Å². The van der Waals surface area contributed by atoms with Gasteiger partial charge in [-0.1, -0.05) is 0 Å². The number of furan rings is 1. The number of nitrogens with zero attached hydrogens (tertiary/aromatic N) is 3. The highest BCUT2D eigenvalue weighted by Gasteiger charge is 2.29. The Hall–Kier alpha value is -2.23. The van der Waals surface area contributed by atoms with E-state index in [2.05, 4.69) is 15.2 Å². The van der Waals surface area contributed by atoms with Gasteiger partial charge in [0.1, 0.15) is 0 Å². The summed E-state index contributed by atoms with van der Waals surface area (Å²) >= 11 is 1.32. The highest BCUT2D eigenvalue weighted by Crippen LogP contribution is 2.22. The molecule has 1 atom stereocenters. The van der Waals surface area contributed by atoms with E-state index >= 15 is 0 Å². The molecule has 9 heteroatoms. The number of thiazole rings is 1. The predicted octanol–water partition coefficient (Wildman–Crippen LogP) is 2.24. The van der Waals surface area contributed by atoms with E-state index < -0.39 is 0 Å². The Bertz CT molecular complexity index is 816. The number of ether oxygens (including phenoxy) is 1. The molecule has 0 radical (unpaired) electrons. The van der Waals surface area contributed by atoms with E-state index in [1.165, 1.54) is 24.0 Å². The first kappa shape index (κ1) is 20.1. The van der Waals surface area contributed by atoms with Gasteiger partial charge in [0.15, 0.2) is 10.9 Å². The number of hydrogen-bond donors (Lipinski definition) is 1. The number of rotatable bonds is 6. The van der Waals surface area contributed by atoms with Crippen LogP contribution in [0.4, 0.5) is 5.13 Å². The van der Waals surface area contributed by atoms with E-state index in [1.54, 1.807) is 12.1 Å². The van der Waals surface area contributed by atoms with Gasteiger partial charge in [0.25, 0.3) is 5.91 Å². The minimum atomic E-state index is -0.344. The molecule has 4 heterocycles. The lowest BCUT2D eigenvalue weighted by Crippen LogP contribution is -2.51. The summed E-state index contributed by atoms with van der Waals surface area (Å²) in [6.07, 6.45) is 4.97. The van der Waals surface area contributed by atoms with Gasteiger partial charge in [-0.3, -0.25) is 19.8 Å². The van der Waals surface area contributed by atoms with Gasteiger partial charge in [0, 0.05) is 37.6 Å². The number of amides is 2. The van der Waals surface area contributed by atoms with Crippen LogP contribution in [0.15, 0.2) is 28.2 Å². The molecule has 29 heavy (non-hydrogen) atoms. The van der Waals surface area contributed by atoms with Crippen LogP contribution in [-0.2, 0) is 16.0 Å². The number of likely N-dealkylation sites (tertiary alicyclic amines) is 1. The predicted molar refractivity (Wildman–Crippen MR) is 109 cm³/mol. The van der Waals surface area contributed by atoms with Gasteiger partial charge in [-0.05, 0) is 31.4 Å². The van der Waals surface area contributed by atoms with Gasteiger partial charge < -0.3 is 14.1 Å². The average molecular weight is 419 g/mol. The summed E-state index contributed by atoms with van der Waals surface area (Å²) < 4.78 is 10.5. The summed E-state index contributed by atoms with van der Waals surface area (Å²) in [6.45, 7) is 5.13. The zero-order chi connectivity index (χ0) is 20.1. The fourth-order valence-electron chi connectivity index (χ4n) is 3.87. The first-order chi connectivity index (χ1) is 14.2. The summed E-state index contributed by atoms with van der Waals surface area (Å²) in [5.41, 5.74) is 0.686. The summed E-state index contributed by atoms with van der Waals surface area (Å²) in [6, 6.07) is 3.51. The van der Waals surface area contributed by atoms with Crippen molar-refractivity contribution in [3.8, 4) is 0 Å². The average Bonchev–Trinajstić information content (AvgIpc) is 3.41. The maximum Gasteiger partial charge on any atom is 0.293 e. The number of piperidine rings is 1. The van der Waals surface area contributed by atoms with Crippen LogP contribution in [0.3, 0.4) is 0 Å². The van der Waals surface area contributed by atoms with E-state index in [1.807, 2.05) is 10.3 Å². The van der Waals surface area contributed by atoms with E-state index in [9.17, 15) is 9.59 Å². The standard InChI is InChI=1S/C20H26N4O4S/c25-18(24-6-2-1-4-16(24)13-23-7-10-27-11-8-23)12-15-14-29-20(21-15)22-19(26)17-5-3-9-28-17/h3,5,9,14,16H,1-2,4,6-8,10-13H2,(H,21,22,26). The molecule has 0 bridgehead atoms. The van der Waals surface area contributed by atoms with Crippen molar-refractivity contribution in [1.82, 2.24) is 14.8 Å². The fourth-order valence-corrected chi connectivity index (χ4v) is 4.57. The molecule has 1 unspecified atom stereocenters. The topological polar surface area (TPSA) is 87.9 Å². The molecule has 2 saturated heterocycles. The van der Waals surface area contributed by atoms with Crippen molar-refractivity contribution >= 4 is 28.3 Å². The number of nitrogens with one attached hydrogen (secondary N) is 1. The molecule has 0 aromatic carbocycles. The number of morpholine rings is 1. The molecule has 4 rings (SSSR count). The van der Waals surface area contributed by atoms with Crippen LogP contribution in [0.1, 0.15) is 35.5 Å². The van der Waals surface area contributed by atoms with Gasteiger partial charge in [-0.2, -0.15) is 0 Å². The number of anilines is 1. The fraction of sp³-hybridized carbons (Fsp3) is 0.550. The maximum absolute atomic E-state index is 13.0. The zero-order valence-corrected chi connectivity index (χ0v) is 17.2. The lowest BCUT2D eigenvalue weighted by Gasteiger charge is -2.39. The Morgan fingerprint density at radius 3 is 2.90 bits per heavy atom. The zero-order valence-electron chi connectivity index (χ0n) is 16.3. The number of carbonyl (C=O) groups excluding carboxylic acids is 2. The molecule has 2 amide bonds. The number of aromatic nitrogens is 1. The third-order valence-corrected chi connectivity index (χ3v) is 6.18. The molecule has 2 aliphatic rings. The van der Waals surface area contributed by atoms with Crippen LogP contribution in [0.5, 0.6) is 0 Å². The minimum Gasteiger partial charge on any atom is -0.459 e. The first-order valence-corrected chi connectivity index (χ1v) is 11.0. The monoisotopic (exact) mass is 418 g/mol. The highest BCUT2D eigenvalue weighted by molar-refractivity contribution is 7.14. The SMILES string of the molecule is O=C(Nc1nc(CC(=O)N2CCCCC2CN2CCOCC2)cs1)c1ccco1. The van der Waals surface area contributed by atoms with Gasteiger partial charge in [0.05, 0.1) is 31.6 Å². The molecule has 2 aromatic rings. The third-order valence-electron chi connectivity index (χ3n) is 5.37. The quantitative estimate of drug-likeness (QED) is 0.774. The van der Waals surface area contributed by atoms with Crippen molar-refractivity contribution in [3.05, 3.63) is 35.2 Å². The Morgan fingerprint density at radius 2 is 2.10 bits per heavy atom. The smallest absolute Gasteiger partial charge is 0.293 e. The van der Waals surface area contributed by atoms with Crippen molar-refractivity contribution in [2.75, 3.05) is 44.7 Å². The molecule has 2 fully saturated rings. The molecule has 0 saturated carbocycles. The Balaban J connectivity index is 1.33. The van der Waals surface area contributed by atoms with Crippen molar-refractivity contribution in [1.29, 1.82) is 0 Å². The van der Waals surface area contributed by atoms with Crippen molar-refractivity contribution < 1.29 is 18.7 Å². The Morgan fingerprint density at radius 1 is 1.24 bits per heavy atom. The maximum atomic E-state index is 13.0. The summed E-state index contributed by atoms with van der Waals surface area (Å²) in [5.74, 6) is -0.00176. The van der Waals surface area contributed by atoms with Crippen LogP contribution in [0.25, 0.3) is 0 Å². The van der Waals surface area contributed by atoms with E-state index in [0.29, 0.717) is 10.8 Å². The molecule has 156 valence electrons. The van der Waals surface area contributed by atoms with Crippen LogP contribution in [-0.4, -0.2) is 72.0 Å². The van der Waals surface area contributed by atoms with E-state index in [0.717, 1.165) is 52.2 Å². The van der Waals surface area contributed by atoms with Gasteiger partial charge in [0.2, 0.25) is 5.91 Å². The van der Waals surface area contributed by atoms with E-state index in [-0.39, 0.29) is 30.0 Å². The molecule has 2 aliphatic heterocycles. The Labute approximate surface area is 173 Å². The van der Waals surface area contributed by atoms with Gasteiger partial charge in [-0.15, -0.1) is 11.3 Å². The summed E-state index contributed by atoms with van der Waals surface area (Å²) in [7, 11) is 0. The van der Waals surface area contributed by atoms with Crippen LogP contribution in [0.2, 0.25) is 0 Å². The highest BCUT2D eigenvalue weighted by atomic mass is 32.1. The normalized spacial score (nSPS) is 20.6. The number of hydrogen-bond acceptors (Lipinski definition) is 7. The van der Waals surface area contributed by atoms with Crippen LogP contribution >= 0.6 is 11.3 Å². The van der Waals surface area contributed by atoms with Crippen molar-refractivity contribution in [2.45, 2.75) is 31.7 Å². The number of carbonyl (C=O) groups is 2. The second-order valence-electron chi connectivity index (χ2n) is 7.40. The molecule has 1 N–H and O–H groups in total.